The van der Waals surface area contributed by atoms with Crippen LogP contribution in [0, 0.1) is 11.3 Å². The molecule has 1 rings (SSSR count). The first-order valence-electron chi connectivity index (χ1n) is 6.49. The van der Waals surface area contributed by atoms with Gasteiger partial charge in [0.25, 0.3) is 0 Å². The molecule has 1 aromatic rings. The topological polar surface area (TPSA) is 53.0 Å². The van der Waals surface area contributed by atoms with Gasteiger partial charge >= 0.3 is 0 Å². The van der Waals surface area contributed by atoms with Gasteiger partial charge in [-0.05, 0) is 32.4 Å². The van der Waals surface area contributed by atoms with Crippen LogP contribution in [0.2, 0.25) is 0 Å². The molecule has 0 aliphatic carbocycles. The van der Waals surface area contributed by atoms with Crippen molar-refractivity contribution in [1.29, 1.82) is 5.26 Å². The minimum Gasteiger partial charge on any atom is -0.310 e. The zero-order chi connectivity index (χ0) is 13.6. The van der Waals surface area contributed by atoms with Crippen molar-refractivity contribution in [3.63, 3.8) is 0 Å². The standard InChI is InChI=1S/C15H23N3/c1-4-13(2)18(3)11-10-15(17,12-16)14-8-6-5-7-9-14/h5-9,13H,4,10-11,17H2,1-3H3. The second kappa shape index (κ2) is 6.53. The lowest BCUT2D eigenvalue weighted by Gasteiger charge is -2.28. The van der Waals surface area contributed by atoms with Gasteiger partial charge in [-0.3, -0.25) is 0 Å². The zero-order valence-electron chi connectivity index (χ0n) is 11.6. The molecule has 0 saturated heterocycles. The van der Waals surface area contributed by atoms with E-state index in [4.69, 9.17) is 5.73 Å². The maximum atomic E-state index is 9.35. The normalized spacial score (nSPS) is 16.0. The number of nitrogens with two attached hydrogens (primary N) is 1. The molecule has 0 fully saturated rings. The lowest BCUT2D eigenvalue weighted by molar-refractivity contribution is 0.234. The first-order chi connectivity index (χ1) is 8.53. The molecule has 0 aliphatic rings. The summed E-state index contributed by atoms with van der Waals surface area (Å²) in [4.78, 5) is 2.25. The average Bonchev–Trinajstić information content (AvgIpc) is 2.44. The highest BCUT2D eigenvalue weighted by Crippen LogP contribution is 2.21. The van der Waals surface area contributed by atoms with Crippen LogP contribution in [0.5, 0.6) is 0 Å². The summed E-state index contributed by atoms with van der Waals surface area (Å²) >= 11 is 0. The predicted molar refractivity (Wildman–Crippen MR) is 74.9 cm³/mol. The maximum Gasteiger partial charge on any atom is 0.131 e. The number of hydrogen-bond acceptors (Lipinski definition) is 3. The zero-order valence-corrected chi connectivity index (χ0v) is 11.6. The summed E-state index contributed by atoms with van der Waals surface area (Å²) in [7, 11) is 2.08. The summed E-state index contributed by atoms with van der Waals surface area (Å²) in [5.41, 5.74) is 6.23. The molecule has 2 N–H and O–H groups in total. The van der Waals surface area contributed by atoms with Crippen LogP contribution in [0.3, 0.4) is 0 Å². The Morgan fingerprint density at radius 1 is 1.39 bits per heavy atom. The molecule has 18 heavy (non-hydrogen) atoms. The molecule has 3 heteroatoms. The molecule has 2 unspecified atom stereocenters. The van der Waals surface area contributed by atoms with E-state index in [1.807, 2.05) is 30.3 Å². The van der Waals surface area contributed by atoms with Gasteiger partial charge in [0.2, 0.25) is 0 Å². The lowest BCUT2D eigenvalue weighted by atomic mass is 9.89. The van der Waals surface area contributed by atoms with E-state index in [0.717, 1.165) is 18.5 Å². The molecule has 2 atom stereocenters. The molecule has 0 saturated carbocycles. The molecule has 0 aliphatic heterocycles. The Balaban J connectivity index is 2.71. The van der Waals surface area contributed by atoms with Gasteiger partial charge in [0.1, 0.15) is 5.54 Å². The average molecular weight is 245 g/mol. The minimum absolute atomic E-state index is 0.517. The van der Waals surface area contributed by atoms with Crippen molar-refractivity contribution in [2.24, 2.45) is 5.73 Å². The molecule has 0 spiro atoms. The SMILES string of the molecule is CCC(C)N(C)CCC(N)(C#N)c1ccccc1. The van der Waals surface area contributed by atoms with E-state index in [0.29, 0.717) is 12.5 Å². The smallest absolute Gasteiger partial charge is 0.131 e. The van der Waals surface area contributed by atoms with E-state index in [9.17, 15) is 5.26 Å². The van der Waals surface area contributed by atoms with Gasteiger partial charge in [-0.2, -0.15) is 5.26 Å². The molecule has 98 valence electrons. The highest BCUT2D eigenvalue weighted by molar-refractivity contribution is 5.30. The Labute approximate surface area is 110 Å². The molecular formula is C15H23N3. The third-order valence-corrected chi connectivity index (χ3v) is 3.69. The number of benzene rings is 1. The van der Waals surface area contributed by atoms with Crippen molar-refractivity contribution in [3.8, 4) is 6.07 Å². The van der Waals surface area contributed by atoms with Crippen LogP contribution in [-0.2, 0) is 5.54 Å². The summed E-state index contributed by atoms with van der Waals surface area (Å²) in [5.74, 6) is 0. The van der Waals surface area contributed by atoms with Crippen molar-refractivity contribution >= 4 is 0 Å². The highest BCUT2D eigenvalue weighted by atomic mass is 15.1. The molecule has 0 bridgehead atoms. The summed E-state index contributed by atoms with van der Waals surface area (Å²) in [6.45, 7) is 5.18. The van der Waals surface area contributed by atoms with Gasteiger partial charge in [0, 0.05) is 12.6 Å². The van der Waals surface area contributed by atoms with E-state index in [1.165, 1.54) is 0 Å². The van der Waals surface area contributed by atoms with Gasteiger partial charge in [0.05, 0.1) is 6.07 Å². The number of hydrogen-bond donors (Lipinski definition) is 1. The first kappa shape index (κ1) is 14.7. The maximum absolute atomic E-state index is 9.35. The molecule has 0 heterocycles. The van der Waals surface area contributed by atoms with E-state index in [-0.39, 0.29) is 0 Å². The highest BCUT2D eigenvalue weighted by Gasteiger charge is 2.27. The molecule has 3 nitrogen and oxygen atoms in total. The van der Waals surface area contributed by atoms with Gasteiger partial charge < -0.3 is 10.6 Å². The summed E-state index contributed by atoms with van der Waals surface area (Å²) in [6.07, 6.45) is 1.75. The second-order valence-corrected chi connectivity index (χ2v) is 4.94. The lowest BCUT2D eigenvalue weighted by Crippen LogP contribution is -2.40. The Kier molecular flexibility index (Phi) is 5.33. The summed E-state index contributed by atoms with van der Waals surface area (Å²) < 4.78 is 0. The van der Waals surface area contributed by atoms with Crippen molar-refractivity contribution in [2.45, 2.75) is 38.3 Å². The van der Waals surface area contributed by atoms with Crippen LogP contribution >= 0.6 is 0 Å². The van der Waals surface area contributed by atoms with Crippen molar-refractivity contribution in [3.05, 3.63) is 35.9 Å². The van der Waals surface area contributed by atoms with Crippen LogP contribution in [-0.4, -0.2) is 24.5 Å². The minimum atomic E-state index is -0.886. The molecule has 0 aromatic heterocycles. The first-order valence-corrected chi connectivity index (χ1v) is 6.49. The van der Waals surface area contributed by atoms with E-state index >= 15 is 0 Å². The van der Waals surface area contributed by atoms with Crippen LogP contribution in [0.25, 0.3) is 0 Å². The van der Waals surface area contributed by atoms with Crippen molar-refractivity contribution in [1.82, 2.24) is 4.90 Å². The van der Waals surface area contributed by atoms with Gasteiger partial charge in [-0.1, -0.05) is 37.3 Å². The quantitative estimate of drug-likeness (QED) is 0.837. The molecule has 1 aromatic carbocycles. The third kappa shape index (κ3) is 3.56. The fraction of sp³-hybridized carbons (Fsp3) is 0.533. The molecule has 0 radical (unpaired) electrons. The monoisotopic (exact) mass is 245 g/mol. The number of nitrogens with zero attached hydrogens (tertiary/aromatic N) is 2. The second-order valence-electron chi connectivity index (χ2n) is 4.94. The van der Waals surface area contributed by atoms with Gasteiger partial charge in [-0.15, -0.1) is 0 Å². The van der Waals surface area contributed by atoms with Crippen LogP contribution in [0.15, 0.2) is 30.3 Å². The Morgan fingerprint density at radius 3 is 2.50 bits per heavy atom. The van der Waals surface area contributed by atoms with Gasteiger partial charge in [-0.25, -0.2) is 0 Å². The van der Waals surface area contributed by atoms with Crippen molar-refractivity contribution < 1.29 is 0 Å². The summed E-state index contributed by atoms with van der Waals surface area (Å²) in [5, 5.41) is 9.35. The molecule has 0 amide bonds. The van der Waals surface area contributed by atoms with E-state index < -0.39 is 5.54 Å². The predicted octanol–water partition coefficient (Wildman–Crippen LogP) is 2.48. The number of rotatable bonds is 6. The Hall–Kier alpha value is -1.37. The number of nitriles is 1. The van der Waals surface area contributed by atoms with E-state index in [1.54, 1.807) is 0 Å². The third-order valence-electron chi connectivity index (χ3n) is 3.69. The fourth-order valence-corrected chi connectivity index (χ4v) is 1.89. The van der Waals surface area contributed by atoms with Crippen molar-refractivity contribution in [2.75, 3.05) is 13.6 Å². The summed E-state index contributed by atoms with van der Waals surface area (Å²) in [6, 6.07) is 12.4. The Bertz CT molecular complexity index is 396. The van der Waals surface area contributed by atoms with Crippen LogP contribution < -0.4 is 5.73 Å². The fourth-order valence-electron chi connectivity index (χ4n) is 1.89. The largest absolute Gasteiger partial charge is 0.310 e. The Morgan fingerprint density at radius 2 is 2.00 bits per heavy atom. The van der Waals surface area contributed by atoms with Crippen LogP contribution in [0.4, 0.5) is 0 Å². The van der Waals surface area contributed by atoms with Gasteiger partial charge in [0.15, 0.2) is 0 Å². The van der Waals surface area contributed by atoms with E-state index in [2.05, 4.69) is 31.9 Å². The molecular weight excluding hydrogens is 222 g/mol. The van der Waals surface area contributed by atoms with Crippen LogP contribution in [0.1, 0.15) is 32.3 Å².